The number of allylic oxidation sites excluding steroid dienone is 1. The van der Waals surface area contributed by atoms with Gasteiger partial charge in [-0.15, -0.1) is 0 Å². The highest BCUT2D eigenvalue weighted by Gasteiger charge is 2.04. The molecule has 0 saturated carbocycles. The molecule has 0 aromatic heterocycles. The number of unbranched alkanes of at least 4 members (excludes halogenated alkanes) is 1. The lowest BCUT2D eigenvalue weighted by molar-refractivity contribution is -0.114. The van der Waals surface area contributed by atoms with Gasteiger partial charge in [0, 0.05) is 12.5 Å². The molecule has 0 spiro atoms. The highest BCUT2D eigenvalue weighted by Crippen LogP contribution is 2.26. The normalized spacial score (nSPS) is 11.0. The first kappa shape index (κ1) is 18.6. The van der Waals surface area contributed by atoms with Crippen molar-refractivity contribution in [1.82, 2.24) is 0 Å². The standard InChI is InChI=1S/C20H20F2O3/c1-25-20-12-14(7-9-19(20)24)4-2-3-5-18(23)8-6-15-10-16(21)13-17(22)11-15/h6-13,24H,2-5H2,1H3/b8-6+. The molecule has 132 valence electrons. The van der Waals surface area contributed by atoms with Gasteiger partial charge < -0.3 is 9.84 Å². The Bertz CT molecular complexity index is 749. The zero-order valence-electron chi connectivity index (χ0n) is 14.0. The summed E-state index contributed by atoms with van der Waals surface area (Å²) in [6, 6.07) is 8.31. The lowest BCUT2D eigenvalue weighted by Gasteiger charge is -2.06. The van der Waals surface area contributed by atoms with Crippen molar-refractivity contribution in [2.75, 3.05) is 7.11 Å². The minimum absolute atomic E-state index is 0.0899. The van der Waals surface area contributed by atoms with Gasteiger partial charge in [0.15, 0.2) is 17.3 Å². The molecule has 0 radical (unpaired) electrons. The predicted molar refractivity (Wildman–Crippen MR) is 92.6 cm³/mol. The van der Waals surface area contributed by atoms with E-state index in [-0.39, 0.29) is 11.5 Å². The summed E-state index contributed by atoms with van der Waals surface area (Å²) in [4.78, 5) is 11.8. The van der Waals surface area contributed by atoms with Crippen LogP contribution >= 0.6 is 0 Å². The minimum atomic E-state index is -0.670. The number of aryl methyl sites for hydroxylation is 1. The molecule has 0 saturated heterocycles. The zero-order chi connectivity index (χ0) is 18.2. The Morgan fingerprint density at radius 2 is 1.84 bits per heavy atom. The second kappa shape index (κ2) is 8.97. The first-order chi connectivity index (χ1) is 12.0. The molecule has 3 nitrogen and oxygen atoms in total. The molecule has 0 aliphatic rings. The van der Waals surface area contributed by atoms with Crippen molar-refractivity contribution in [3.8, 4) is 11.5 Å². The number of hydrogen-bond acceptors (Lipinski definition) is 3. The van der Waals surface area contributed by atoms with Crippen LogP contribution in [0.4, 0.5) is 8.78 Å². The van der Waals surface area contributed by atoms with Crippen LogP contribution in [0.25, 0.3) is 6.08 Å². The Kier molecular flexibility index (Phi) is 6.69. The van der Waals surface area contributed by atoms with Gasteiger partial charge in [-0.3, -0.25) is 4.79 Å². The summed E-state index contributed by atoms with van der Waals surface area (Å²) in [5, 5.41) is 9.54. The molecule has 5 heteroatoms. The predicted octanol–water partition coefficient (Wildman–Crippen LogP) is 4.67. The summed E-state index contributed by atoms with van der Waals surface area (Å²) in [7, 11) is 1.49. The zero-order valence-corrected chi connectivity index (χ0v) is 14.0. The number of halogens is 2. The Balaban J connectivity index is 1.77. The molecule has 2 rings (SSSR count). The number of carbonyl (C=O) groups is 1. The average Bonchev–Trinajstić information content (AvgIpc) is 2.57. The molecule has 0 bridgehead atoms. The number of aromatic hydroxyl groups is 1. The van der Waals surface area contributed by atoms with Crippen molar-refractivity contribution in [3.63, 3.8) is 0 Å². The van der Waals surface area contributed by atoms with Crippen LogP contribution < -0.4 is 4.74 Å². The molecule has 0 atom stereocenters. The van der Waals surface area contributed by atoms with Gasteiger partial charge in [0.2, 0.25) is 0 Å². The van der Waals surface area contributed by atoms with Gasteiger partial charge in [-0.25, -0.2) is 8.78 Å². The molecule has 0 amide bonds. The van der Waals surface area contributed by atoms with Gasteiger partial charge in [-0.05, 0) is 60.7 Å². The highest BCUT2D eigenvalue weighted by atomic mass is 19.1. The van der Waals surface area contributed by atoms with Crippen molar-refractivity contribution in [3.05, 3.63) is 65.2 Å². The number of rotatable bonds is 8. The second-order valence-electron chi connectivity index (χ2n) is 5.72. The van der Waals surface area contributed by atoms with E-state index in [0.717, 1.165) is 24.5 Å². The minimum Gasteiger partial charge on any atom is -0.504 e. The summed E-state index contributed by atoms with van der Waals surface area (Å²) in [5.74, 6) is -0.903. The van der Waals surface area contributed by atoms with Crippen LogP contribution in [-0.4, -0.2) is 18.0 Å². The number of phenols is 1. The number of ether oxygens (including phenoxy) is 1. The smallest absolute Gasteiger partial charge is 0.160 e. The average molecular weight is 346 g/mol. The highest BCUT2D eigenvalue weighted by molar-refractivity contribution is 5.93. The van der Waals surface area contributed by atoms with E-state index in [4.69, 9.17) is 4.74 Å². The molecule has 0 fully saturated rings. The molecule has 2 aromatic rings. The van der Waals surface area contributed by atoms with Crippen LogP contribution in [0.3, 0.4) is 0 Å². The SMILES string of the molecule is COc1cc(CCCCC(=O)/C=C/c2cc(F)cc(F)c2)ccc1O. The Morgan fingerprint density at radius 3 is 2.52 bits per heavy atom. The van der Waals surface area contributed by atoms with Crippen LogP contribution in [0.5, 0.6) is 11.5 Å². The molecule has 0 aliphatic heterocycles. The Morgan fingerprint density at radius 1 is 1.12 bits per heavy atom. The number of benzene rings is 2. The van der Waals surface area contributed by atoms with Gasteiger partial charge in [0.25, 0.3) is 0 Å². The topological polar surface area (TPSA) is 46.5 Å². The molecule has 1 N–H and O–H groups in total. The second-order valence-corrected chi connectivity index (χ2v) is 5.72. The van der Waals surface area contributed by atoms with Gasteiger partial charge >= 0.3 is 0 Å². The van der Waals surface area contributed by atoms with E-state index in [1.165, 1.54) is 31.4 Å². The van der Waals surface area contributed by atoms with E-state index < -0.39 is 11.6 Å². The van der Waals surface area contributed by atoms with Gasteiger partial charge in [-0.2, -0.15) is 0 Å². The Hall–Kier alpha value is -2.69. The van der Waals surface area contributed by atoms with E-state index in [2.05, 4.69) is 0 Å². The summed E-state index contributed by atoms with van der Waals surface area (Å²) < 4.78 is 31.2. The quantitative estimate of drug-likeness (QED) is 0.558. The maximum Gasteiger partial charge on any atom is 0.160 e. The van der Waals surface area contributed by atoms with Crippen LogP contribution in [0.2, 0.25) is 0 Å². The monoisotopic (exact) mass is 346 g/mol. The summed E-state index contributed by atoms with van der Waals surface area (Å²) in [6.45, 7) is 0. The fourth-order valence-electron chi connectivity index (χ4n) is 2.45. The van der Waals surface area contributed by atoms with E-state index in [9.17, 15) is 18.7 Å². The fraction of sp³-hybridized carbons (Fsp3) is 0.250. The summed E-state index contributed by atoms with van der Waals surface area (Å²) >= 11 is 0. The number of carbonyl (C=O) groups excluding carboxylic acids is 1. The van der Waals surface area contributed by atoms with E-state index in [0.29, 0.717) is 24.2 Å². The molecule has 0 unspecified atom stereocenters. The third-order valence-corrected chi connectivity index (χ3v) is 3.73. The lowest BCUT2D eigenvalue weighted by Crippen LogP contribution is -1.94. The van der Waals surface area contributed by atoms with E-state index in [1.807, 2.05) is 6.07 Å². The molecule has 0 aliphatic carbocycles. The third kappa shape index (κ3) is 6.03. The van der Waals surface area contributed by atoms with Crippen LogP contribution in [0, 0.1) is 11.6 Å². The Labute approximate surface area is 145 Å². The van der Waals surface area contributed by atoms with Gasteiger partial charge in [0.1, 0.15) is 11.6 Å². The first-order valence-corrected chi connectivity index (χ1v) is 8.01. The molecule has 0 heterocycles. The molecular weight excluding hydrogens is 326 g/mol. The van der Waals surface area contributed by atoms with E-state index >= 15 is 0 Å². The van der Waals surface area contributed by atoms with Crippen molar-refractivity contribution < 1.29 is 23.4 Å². The van der Waals surface area contributed by atoms with Crippen LogP contribution in [-0.2, 0) is 11.2 Å². The van der Waals surface area contributed by atoms with Crippen LogP contribution in [0.1, 0.15) is 30.4 Å². The largest absolute Gasteiger partial charge is 0.504 e. The van der Waals surface area contributed by atoms with E-state index in [1.54, 1.807) is 12.1 Å². The number of methoxy groups -OCH3 is 1. The lowest BCUT2D eigenvalue weighted by atomic mass is 10.0. The van der Waals surface area contributed by atoms with Gasteiger partial charge in [-0.1, -0.05) is 12.1 Å². The number of ketones is 1. The van der Waals surface area contributed by atoms with Crippen molar-refractivity contribution in [2.24, 2.45) is 0 Å². The number of hydrogen-bond donors (Lipinski definition) is 1. The molecule has 25 heavy (non-hydrogen) atoms. The number of phenolic OH excluding ortho intramolecular Hbond substituents is 1. The maximum atomic E-state index is 13.1. The maximum absolute atomic E-state index is 13.1. The molecule has 2 aromatic carbocycles. The van der Waals surface area contributed by atoms with Crippen molar-refractivity contribution in [1.29, 1.82) is 0 Å². The van der Waals surface area contributed by atoms with Crippen molar-refractivity contribution >= 4 is 11.9 Å². The summed E-state index contributed by atoms with van der Waals surface area (Å²) in [6.07, 6.45) is 5.40. The van der Waals surface area contributed by atoms with Crippen LogP contribution in [0.15, 0.2) is 42.5 Å². The summed E-state index contributed by atoms with van der Waals surface area (Å²) in [5.41, 5.74) is 1.34. The third-order valence-electron chi connectivity index (χ3n) is 3.73. The first-order valence-electron chi connectivity index (χ1n) is 8.01. The van der Waals surface area contributed by atoms with Crippen molar-refractivity contribution in [2.45, 2.75) is 25.7 Å². The van der Waals surface area contributed by atoms with Gasteiger partial charge in [0.05, 0.1) is 7.11 Å². The molecular formula is C20H20F2O3. The fourth-order valence-corrected chi connectivity index (χ4v) is 2.45.